The maximum atomic E-state index is 12.3. The Kier molecular flexibility index (Phi) is 8.62. The first-order valence-electron chi connectivity index (χ1n) is 8.89. The van der Waals surface area contributed by atoms with Crippen molar-refractivity contribution in [1.82, 2.24) is 4.90 Å². The molecule has 1 unspecified atom stereocenters. The number of carbonyl (C=O) groups is 1. The Morgan fingerprint density at radius 2 is 1.97 bits per heavy atom. The highest BCUT2D eigenvalue weighted by Gasteiger charge is 2.32. The Bertz CT molecular complexity index is 928. The highest BCUT2D eigenvalue weighted by atomic mass is 35.5. The van der Waals surface area contributed by atoms with Crippen LogP contribution in [-0.4, -0.2) is 43.6 Å². The van der Waals surface area contributed by atoms with Crippen molar-refractivity contribution in [3.05, 3.63) is 56.7 Å². The molecular weight excluding hydrogens is 438 g/mol. The Hall–Kier alpha value is -1.49. The van der Waals surface area contributed by atoms with Crippen molar-refractivity contribution in [3.63, 3.8) is 0 Å². The second-order valence-corrected chi connectivity index (χ2v) is 9.07. The van der Waals surface area contributed by atoms with E-state index in [2.05, 4.69) is 20.5 Å². The molecule has 7 nitrogen and oxygen atoms in total. The van der Waals surface area contributed by atoms with E-state index in [1.54, 1.807) is 11.3 Å². The van der Waals surface area contributed by atoms with Crippen LogP contribution in [0.2, 0.25) is 5.02 Å². The summed E-state index contributed by atoms with van der Waals surface area (Å²) in [4.78, 5) is 15.8. The molecule has 0 aliphatic carbocycles. The van der Waals surface area contributed by atoms with Crippen LogP contribution in [0.1, 0.15) is 35.9 Å². The van der Waals surface area contributed by atoms with Crippen molar-refractivity contribution in [1.29, 1.82) is 0 Å². The van der Waals surface area contributed by atoms with Gasteiger partial charge >= 0.3 is 16.4 Å². The van der Waals surface area contributed by atoms with Crippen LogP contribution >= 0.6 is 22.9 Å². The molecule has 3 rings (SSSR count). The molecule has 0 saturated heterocycles. The van der Waals surface area contributed by atoms with Gasteiger partial charge in [-0.2, -0.15) is 8.42 Å². The van der Waals surface area contributed by atoms with Crippen LogP contribution in [0.25, 0.3) is 0 Å². The van der Waals surface area contributed by atoms with E-state index in [1.807, 2.05) is 24.3 Å². The molecule has 0 spiro atoms. The number of fused-ring (bicyclic) bond motifs is 1. The van der Waals surface area contributed by atoms with Crippen LogP contribution in [0.15, 0.2) is 35.7 Å². The molecule has 29 heavy (non-hydrogen) atoms. The number of halogens is 1. The number of thiophene rings is 1. The molecule has 0 amide bonds. The molecule has 1 aromatic heterocycles. The number of hydrogen-bond acceptors (Lipinski definition) is 7. The van der Waals surface area contributed by atoms with Gasteiger partial charge in [-0.1, -0.05) is 29.8 Å². The quantitative estimate of drug-likeness (QED) is 0.533. The van der Waals surface area contributed by atoms with E-state index in [-0.39, 0.29) is 5.97 Å². The van der Waals surface area contributed by atoms with Crippen LogP contribution in [0.3, 0.4) is 0 Å². The van der Waals surface area contributed by atoms with Gasteiger partial charge in [0.15, 0.2) is 0 Å². The number of benzene rings is 1. The van der Waals surface area contributed by atoms with Crippen molar-refractivity contribution < 1.29 is 26.7 Å². The summed E-state index contributed by atoms with van der Waals surface area (Å²) in [6, 6.07) is 9.16. The summed E-state index contributed by atoms with van der Waals surface area (Å²) < 4.78 is 36.5. The third-order valence-corrected chi connectivity index (χ3v) is 6.14. The van der Waals surface area contributed by atoms with E-state index in [1.165, 1.54) is 31.4 Å². The smallest absolute Gasteiger partial charge is 0.397 e. The molecule has 2 heterocycles. The lowest BCUT2D eigenvalue weighted by atomic mass is 10.0. The minimum Gasteiger partial charge on any atom is -0.468 e. The average molecular weight is 462 g/mol. The number of carbonyl (C=O) groups excluding carboxylic acids is 1. The lowest BCUT2D eigenvalue weighted by molar-refractivity contribution is -0.147. The van der Waals surface area contributed by atoms with Gasteiger partial charge in [0.05, 0.1) is 13.2 Å². The molecule has 1 aromatic carbocycles. The zero-order valence-electron chi connectivity index (χ0n) is 16.4. The molecular formula is C19H24ClNO6S2. The van der Waals surface area contributed by atoms with Gasteiger partial charge in [0.25, 0.3) is 0 Å². The minimum absolute atomic E-state index is 0.262. The van der Waals surface area contributed by atoms with E-state index in [4.69, 9.17) is 20.9 Å². The molecule has 1 aliphatic rings. The fourth-order valence-corrected chi connectivity index (χ4v) is 4.63. The molecule has 1 atom stereocenters. The summed E-state index contributed by atoms with van der Waals surface area (Å²) in [6.07, 6.45) is 0.468. The number of ether oxygens (including phenoxy) is 1. The molecule has 0 bridgehead atoms. The van der Waals surface area contributed by atoms with Gasteiger partial charge in [-0.15, -0.1) is 11.3 Å². The largest absolute Gasteiger partial charge is 0.468 e. The first kappa shape index (κ1) is 23.8. The Morgan fingerprint density at radius 1 is 1.28 bits per heavy atom. The van der Waals surface area contributed by atoms with Gasteiger partial charge < -0.3 is 4.74 Å². The average Bonchev–Trinajstić information content (AvgIpc) is 3.09. The molecule has 2 aromatic rings. The fourth-order valence-electron chi connectivity index (χ4n) is 3.02. The van der Waals surface area contributed by atoms with E-state index >= 15 is 0 Å². The third kappa shape index (κ3) is 7.06. The summed E-state index contributed by atoms with van der Waals surface area (Å²) in [6.45, 7) is 4.60. The first-order valence-corrected chi connectivity index (χ1v) is 11.5. The van der Waals surface area contributed by atoms with Crippen LogP contribution in [0.5, 0.6) is 0 Å². The Morgan fingerprint density at radius 3 is 2.52 bits per heavy atom. The second kappa shape index (κ2) is 10.5. The molecule has 160 valence electrons. The van der Waals surface area contributed by atoms with Crippen LogP contribution < -0.4 is 0 Å². The lowest BCUT2D eigenvalue weighted by Crippen LogP contribution is -2.38. The summed E-state index contributed by atoms with van der Waals surface area (Å²) >= 11 is 8.07. The van der Waals surface area contributed by atoms with Gasteiger partial charge in [-0.25, -0.2) is 8.98 Å². The molecule has 1 N–H and O–H groups in total. The standard InChI is InChI=1S/C16H16ClNO2S.C3H8O4S/c1-20-16(19)15(12-4-2-3-5-13(12)17)18-8-6-14-11(10-18)7-9-21-14;1-3(2)7-8(4,5)6/h2-5,7,9,15H,6,8,10H2,1H3;3H,1-2H3,(H,4,5,6). The van der Waals surface area contributed by atoms with Gasteiger partial charge in [-0.3, -0.25) is 9.45 Å². The summed E-state index contributed by atoms with van der Waals surface area (Å²) in [5.41, 5.74) is 2.11. The predicted octanol–water partition coefficient (Wildman–Crippen LogP) is 3.89. The highest BCUT2D eigenvalue weighted by Crippen LogP contribution is 2.33. The maximum absolute atomic E-state index is 12.3. The zero-order valence-corrected chi connectivity index (χ0v) is 18.8. The lowest BCUT2D eigenvalue weighted by Gasteiger charge is -2.33. The fraction of sp³-hybridized carbons (Fsp3) is 0.421. The van der Waals surface area contributed by atoms with E-state index in [0.29, 0.717) is 5.02 Å². The SMILES string of the molecule is CC(C)OS(=O)(=O)O.COC(=O)C(c1ccccc1Cl)N1CCc2sccc2C1. The molecule has 0 radical (unpaired) electrons. The number of hydrogen-bond donors (Lipinski definition) is 1. The van der Waals surface area contributed by atoms with Gasteiger partial charge in [0.2, 0.25) is 0 Å². The van der Waals surface area contributed by atoms with Crippen molar-refractivity contribution in [3.8, 4) is 0 Å². The van der Waals surface area contributed by atoms with Gasteiger partial charge in [-0.05, 0) is 48.9 Å². The maximum Gasteiger partial charge on any atom is 0.397 e. The third-order valence-electron chi connectivity index (χ3n) is 4.14. The predicted molar refractivity (Wildman–Crippen MR) is 112 cm³/mol. The molecule has 0 fully saturated rings. The van der Waals surface area contributed by atoms with Gasteiger partial charge in [0.1, 0.15) is 6.04 Å². The molecule has 0 saturated carbocycles. The van der Waals surface area contributed by atoms with E-state index in [0.717, 1.165) is 25.1 Å². The highest BCUT2D eigenvalue weighted by molar-refractivity contribution is 7.80. The normalized spacial score (nSPS) is 15.2. The van der Waals surface area contributed by atoms with Crippen LogP contribution in [0.4, 0.5) is 0 Å². The second-order valence-electron chi connectivity index (χ2n) is 6.61. The Labute approximate surface area is 180 Å². The first-order chi connectivity index (χ1) is 13.6. The van der Waals surface area contributed by atoms with Crippen molar-refractivity contribution in [2.45, 2.75) is 39.0 Å². The summed E-state index contributed by atoms with van der Waals surface area (Å²) in [5.74, 6) is -0.262. The van der Waals surface area contributed by atoms with Crippen molar-refractivity contribution in [2.24, 2.45) is 0 Å². The summed E-state index contributed by atoms with van der Waals surface area (Å²) in [7, 11) is -2.80. The Balaban J connectivity index is 0.000000321. The number of esters is 1. The number of methoxy groups -OCH3 is 1. The monoisotopic (exact) mass is 461 g/mol. The van der Waals surface area contributed by atoms with Crippen molar-refractivity contribution >= 4 is 39.3 Å². The summed E-state index contributed by atoms with van der Waals surface area (Å²) in [5, 5.41) is 2.71. The molecule has 1 aliphatic heterocycles. The molecule has 10 heteroatoms. The zero-order chi connectivity index (χ0) is 21.6. The minimum atomic E-state index is -4.22. The number of rotatable bonds is 5. The topological polar surface area (TPSA) is 93.1 Å². The van der Waals surface area contributed by atoms with E-state index < -0.39 is 22.5 Å². The van der Waals surface area contributed by atoms with E-state index in [9.17, 15) is 13.2 Å². The number of nitrogens with zero attached hydrogens (tertiary/aromatic N) is 1. The van der Waals surface area contributed by atoms with Crippen LogP contribution in [0, 0.1) is 0 Å². The van der Waals surface area contributed by atoms with Crippen LogP contribution in [-0.2, 0) is 37.1 Å². The van der Waals surface area contributed by atoms with Crippen molar-refractivity contribution in [2.75, 3.05) is 13.7 Å². The van der Waals surface area contributed by atoms with Gasteiger partial charge in [0, 0.05) is 23.0 Å².